The first kappa shape index (κ1) is 18.8. The molecule has 0 aromatic heterocycles. The molecule has 2 rings (SSSR count). The van der Waals surface area contributed by atoms with Gasteiger partial charge in [-0.15, -0.1) is 0 Å². The Labute approximate surface area is 146 Å². The lowest BCUT2D eigenvalue weighted by Crippen LogP contribution is -1.99. The summed E-state index contributed by atoms with van der Waals surface area (Å²) in [5.74, 6) is 0.727. The second-order valence-electron chi connectivity index (χ2n) is 4.55. The van der Waals surface area contributed by atoms with Crippen LogP contribution in [0.2, 0.25) is 0 Å². The van der Waals surface area contributed by atoms with E-state index in [1.54, 1.807) is 6.92 Å². The molecule has 0 N–H and O–H groups in total. The van der Waals surface area contributed by atoms with Gasteiger partial charge >= 0.3 is 6.80 Å². The van der Waals surface area contributed by atoms with Crippen LogP contribution < -0.4 is 9.05 Å². The Morgan fingerprint density at radius 2 is 1.24 bits per heavy atom. The molecule has 0 spiro atoms. The predicted molar refractivity (Wildman–Crippen MR) is 93.2 cm³/mol. The standard InChI is InChI=1S/C14H13N2O7PS/c1-2-25-24(21,22-13-7-3-11(4-8-13)15(17)18)23-14-9-5-12(6-10-14)16(19)20/h3-10H,2H2,1H3. The van der Waals surface area contributed by atoms with Crippen LogP contribution in [0.25, 0.3) is 0 Å². The van der Waals surface area contributed by atoms with Gasteiger partial charge < -0.3 is 9.05 Å². The van der Waals surface area contributed by atoms with E-state index in [1.165, 1.54) is 48.5 Å². The third-order valence-electron chi connectivity index (χ3n) is 2.82. The van der Waals surface area contributed by atoms with Gasteiger partial charge in [0.2, 0.25) is 0 Å². The Morgan fingerprint density at radius 3 is 1.52 bits per heavy atom. The molecule has 0 aliphatic heterocycles. The molecule has 2 aromatic rings. The molecule has 0 saturated carbocycles. The lowest BCUT2D eigenvalue weighted by atomic mass is 10.3. The fraction of sp³-hybridized carbons (Fsp3) is 0.143. The Morgan fingerprint density at radius 1 is 0.880 bits per heavy atom. The average Bonchev–Trinajstić information content (AvgIpc) is 2.55. The second kappa shape index (κ2) is 8.00. The van der Waals surface area contributed by atoms with E-state index >= 15 is 0 Å². The molecule has 132 valence electrons. The summed E-state index contributed by atoms with van der Waals surface area (Å²) in [6, 6.07) is 10.2. The zero-order valence-corrected chi connectivity index (χ0v) is 14.6. The van der Waals surface area contributed by atoms with E-state index < -0.39 is 16.6 Å². The minimum Gasteiger partial charge on any atom is -0.408 e. The number of non-ortho nitro benzene ring substituents is 2. The van der Waals surface area contributed by atoms with Gasteiger partial charge in [0.15, 0.2) is 0 Å². The highest BCUT2D eigenvalue weighted by Crippen LogP contribution is 2.59. The summed E-state index contributed by atoms with van der Waals surface area (Å²) in [5.41, 5.74) is -0.247. The van der Waals surface area contributed by atoms with Crippen molar-refractivity contribution in [2.75, 3.05) is 5.75 Å². The van der Waals surface area contributed by atoms with E-state index in [0.717, 1.165) is 11.4 Å². The van der Waals surface area contributed by atoms with E-state index in [1.807, 2.05) is 0 Å². The van der Waals surface area contributed by atoms with E-state index in [-0.39, 0.29) is 22.9 Å². The first-order chi connectivity index (χ1) is 11.8. The van der Waals surface area contributed by atoms with Gasteiger partial charge in [0.25, 0.3) is 11.4 Å². The predicted octanol–water partition coefficient (Wildman–Crippen LogP) is 4.82. The van der Waals surface area contributed by atoms with Gasteiger partial charge in [-0.2, -0.15) is 0 Å². The van der Waals surface area contributed by atoms with Crippen molar-refractivity contribution in [3.05, 3.63) is 68.8 Å². The van der Waals surface area contributed by atoms with Crippen molar-refractivity contribution in [2.24, 2.45) is 0 Å². The van der Waals surface area contributed by atoms with E-state index in [2.05, 4.69) is 0 Å². The van der Waals surface area contributed by atoms with Crippen molar-refractivity contribution in [1.29, 1.82) is 0 Å². The highest BCUT2D eigenvalue weighted by molar-refractivity contribution is 8.55. The molecule has 0 heterocycles. The van der Waals surface area contributed by atoms with Gasteiger partial charge in [-0.05, 0) is 35.6 Å². The van der Waals surface area contributed by atoms with Gasteiger partial charge in [0.1, 0.15) is 11.5 Å². The summed E-state index contributed by atoms with van der Waals surface area (Å²) in [6.45, 7) is -1.90. The number of benzene rings is 2. The minimum atomic E-state index is -3.66. The molecule has 0 saturated heterocycles. The van der Waals surface area contributed by atoms with Crippen molar-refractivity contribution < 1.29 is 23.5 Å². The molecule has 2 aromatic carbocycles. The highest BCUT2D eigenvalue weighted by atomic mass is 32.7. The zero-order chi connectivity index (χ0) is 18.4. The van der Waals surface area contributed by atoms with E-state index in [4.69, 9.17) is 9.05 Å². The maximum absolute atomic E-state index is 12.8. The Balaban J connectivity index is 2.17. The van der Waals surface area contributed by atoms with Gasteiger partial charge in [-0.1, -0.05) is 6.92 Å². The molecule has 0 aliphatic rings. The maximum atomic E-state index is 12.8. The van der Waals surface area contributed by atoms with Crippen molar-refractivity contribution in [2.45, 2.75) is 6.92 Å². The minimum absolute atomic E-state index is 0.124. The fourth-order valence-corrected chi connectivity index (χ4v) is 4.75. The fourth-order valence-electron chi connectivity index (χ4n) is 1.75. The number of nitro groups is 2. The summed E-state index contributed by atoms with van der Waals surface area (Å²) in [6.07, 6.45) is 0. The summed E-state index contributed by atoms with van der Waals surface area (Å²) >= 11 is 0.933. The van der Waals surface area contributed by atoms with Crippen molar-refractivity contribution in [3.63, 3.8) is 0 Å². The molecule has 25 heavy (non-hydrogen) atoms. The molecule has 0 bridgehead atoms. The van der Waals surface area contributed by atoms with Crippen molar-refractivity contribution >= 4 is 29.6 Å². The van der Waals surface area contributed by atoms with Crippen LogP contribution >= 0.6 is 18.2 Å². The molecular formula is C14H13N2O7PS. The number of hydrogen-bond donors (Lipinski definition) is 0. The van der Waals surface area contributed by atoms with E-state index in [0.29, 0.717) is 5.75 Å². The molecule has 11 heteroatoms. The first-order valence-corrected chi connectivity index (χ1v) is 10.1. The van der Waals surface area contributed by atoms with Crippen LogP contribution in [0.15, 0.2) is 48.5 Å². The summed E-state index contributed by atoms with van der Waals surface area (Å²) in [4.78, 5) is 20.2. The monoisotopic (exact) mass is 384 g/mol. The Bertz CT molecular complexity index is 747. The summed E-state index contributed by atoms with van der Waals surface area (Å²) in [5, 5.41) is 21.3. The molecular weight excluding hydrogens is 371 g/mol. The van der Waals surface area contributed by atoms with Crippen LogP contribution in [-0.2, 0) is 4.57 Å². The molecule has 0 aliphatic carbocycles. The van der Waals surface area contributed by atoms with Crippen LogP contribution in [0, 0.1) is 20.2 Å². The van der Waals surface area contributed by atoms with Crippen LogP contribution in [0.3, 0.4) is 0 Å². The van der Waals surface area contributed by atoms with Crippen LogP contribution in [0.5, 0.6) is 11.5 Å². The van der Waals surface area contributed by atoms with Gasteiger partial charge in [0, 0.05) is 30.0 Å². The van der Waals surface area contributed by atoms with Crippen LogP contribution in [-0.4, -0.2) is 15.6 Å². The lowest BCUT2D eigenvalue weighted by molar-refractivity contribution is -0.385. The number of nitrogens with zero attached hydrogens (tertiary/aromatic N) is 2. The normalized spacial score (nSPS) is 10.9. The molecule has 0 atom stereocenters. The number of rotatable bonds is 8. The molecule has 0 fully saturated rings. The third-order valence-corrected chi connectivity index (χ3v) is 6.43. The van der Waals surface area contributed by atoms with Gasteiger partial charge in [-0.3, -0.25) is 20.2 Å². The largest absolute Gasteiger partial charge is 0.492 e. The molecule has 9 nitrogen and oxygen atoms in total. The van der Waals surface area contributed by atoms with Crippen molar-refractivity contribution in [3.8, 4) is 11.5 Å². The van der Waals surface area contributed by atoms with Gasteiger partial charge in [0.05, 0.1) is 9.85 Å². The zero-order valence-electron chi connectivity index (χ0n) is 12.9. The number of hydrogen-bond acceptors (Lipinski definition) is 8. The van der Waals surface area contributed by atoms with Gasteiger partial charge in [-0.25, -0.2) is 4.57 Å². The van der Waals surface area contributed by atoms with E-state index in [9.17, 15) is 24.8 Å². The van der Waals surface area contributed by atoms with Crippen LogP contribution in [0.1, 0.15) is 6.92 Å². The molecule has 0 amide bonds. The van der Waals surface area contributed by atoms with Crippen LogP contribution in [0.4, 0.5) is 11.4 Å². The Kier molecular flexibility index (Phi) is 6.00. The maximum Gasteiger partial charge on any atom is 0.492 e. The summed E-state index contributed by atoms with van der Waals surface area (Å²) in [7, 11) is 0. The topological polar surface area (TPSA) is 122 Å². The SMILES string of the molecule is CCSP(=O)(Oc1ccc([N+](=O)[O-])cc1)Oc1ccc([N+](=O)[O-])cc1. The smallest absolute Gasteiger partial charge is 0.408 e. The average molecular weight is 384 g/mol. The molecule has 0 unspecified atom stereocenters. The van der Waals surface area contributed by atoms with Crippen molar-refractivity contribution in [1.82, 2.24) is 0 Å². The Hall–Kier alpha value is -2.58. The quantitative estimate of drug-likeness (QED) is 0.360. The summed E-state index contributed by atoms with van der Waals surface area (Å²) < 4.78 is 23.6. The highest BCUT2D eigenvalue weighted by Gasteiger charge is 2.29. The lowest BCUT2D eigenvalue weighted by Gasteiger charge is -2.18. The third kappa shape index (κ3) is 5.20. The second-order valence-corrected chi connectivity index (χ2v) is 8.76. The first-order valence-electron chi connectivity index (χ1n) is 6.95. The number of nitro benzene ring substituents is 2. The molecule has 0 radical (unpaired) electrons.